The Balaban J connectivity index is 0.00000121. The Morgan fingerprint density at radius 1 is 1.47 bits per heavy atom. The highest BCUT2D eigenvalue weighted by molar-refractivity contribution is 9.10. The molecule has 94 valence electrons. The van der Waals surface area contributed by atoms with Crippen molar-refractivity contribution in [3.8, 4) is 5.75 Å². The molecule has 0 atom stereocenters. The summed E-state index contributed by atoms with van der Waals surface area (Å²) in [7, 11) is 1.32. The number of rotatable bonds is 4. The van der Waals surface area contributed by atoms with Gasteiger partial charge in [0.2, 0.25) is 0 Å². The number of ether oxygens (including phenoxy) is 2. The monoisotopic (exact) mass is 300 g/mol. The molecule has 3 nitrogen and oxygen atoms in total. The zero-order valence-electron chi connectivity index (χ0n) is 10.3. The van der Waals surface area contributed by atoms with E-state index in [2.05, 4.69) is 27.2 Å². The summed E-state index contributed by atoms with van der Waals surface area (Å²) in [6, 6.07) is 5.46. The maximum atomic E-state index is 10.9. The van der Waals surface area contributed by atoms with Crippen molar-refractivity contribution < 1.29 is 14.3 Å². The fourth-order valence-corrected chi connectivity index (χ4v) is 1.38. The second-order valence-electron chi connectivity index (χ2n) is 2.75. The molecular weight excluding hydrogens is 284 g/mol. The molecule has 1 aromatic rings. The number of halogens is 1. The summed E-state index contributed by atoms with van der Waals surface area (Å²) in [6.07, 6.45) is 1.66. The molecule has 17 heavy (non-hydrogen) atoms. The number of hydrogen-bond acceptors (Lipinski definition) is 3. The van der Waals surface area contributed by atoms with Gasteiger partial charge in [-0.25, -0.2) is 4.79 Å². The molecule has 4 heteroatoms. The Bertz CT molecular complexity index is 375. The maximum absolute atomic E-state index is 10.9. The van der Waals surface area contributed by atoms with Crippen molar-refractivity contribution in [2.75, 3.05) is 13.7 Å². The minimum Gasteiger partial charge on any atom is -0.481 e. The standard InChI is InChI=1S/C11H11BrO3.C2H6/c1-3-8-6-9(12)4-5-10(8)15-7-11(13)14-2;1-2/h3-6H,1,7H2,2H3;1-2H3. The minimum absolute atomic E-state index is 0.0982. The van der Waals surface area contributed by atoms with Crippen molar-refractivity contribution in [3.63, 3.8) is 0 Å². The first-order valence-electron chi connectivity index (χ1n) is 5.29. The second-order valence-corrected chi connectivity index (χ2v) is 3.67. The van der Waals surface area contributed by atoms with Crippen LogP contribution >= 0.6 is 15.9 Å². The van der Waals surface area contributed by atoms with E-state index in [4.69, 9.17) is 4.74 Å². The number of hydrogen-bond donors (Lipinski definition) is 0. The lowest BCUT2D eigenvalue weighted by atomic mass is 10.2. The van der Waals surface area contributed by atoms with Gasteiger partial charge in [-0.05, 0) is 18.2 Å². The Morgan fingerprint density at radius 3 is 2.65 bits per heavy atom. The van der Waals surface area contributed by atoms with E-state index in [9.17, 15) is 4.79 Å². The predicted molar refractivity (Wildman–Crippen MR) is 73.1 cm³/mol. The largest absolute Gasteiger partial charge is 0.481 e. The van der Waals surface area contributed by atoms with Gasteiger partial charge in [0.15, 0.2) is 6.61 Å². The molecule has 0 aliphatic rings. The smallest absolute Gasteiger partial charge is 0.343 e. The molecule has 0 unspecified atom stereocenters. The normalized spacial score (nSPS) is 8.71. The van der Waals surface area contributed by atoms with Crippen molar-refractivity contribution in [1.82, 2.24) is 0 Å². The van der Waals surface area contributed by atoms with E-state index in [-0.39, 0.29) is 6.61 Å². The highest BCUT2D eigenvalue weighted by Crippen LogP contribution is 2.23. The van der Waals surface area contributed by atoms with Gasteiger partial charge in [-0.15, -0.1) is 0 Å². The van der Waals surface area contributed by atoms with E-state index >= 15 is 0 Å². The number of esters is 1. The molecule has 1 rings (SSSR count). The zero-order chi connectivity index (χ0) is 13.3. The van der Waals surface area contributed by atoms with Crippen LogP contribution in [-0.4, -0.2) is 19.7 Å². The van der Waals surface area contributed by atoms with Crippen molar-refractivity contribution >= 4 is 28.0 Å². The number of carbonyl (C=O) groups excluding carboxylic acids is 1. The number of methoxy groups -OCH3 is 1. The predicted octanol–water partition coefficient (Wildman–Crippen LogP) is 3.67. The third-order valence-electron chi connectivity index (χ3n) is 1.76. The molecule has 0 bridgehead atoms. The molecule has 0 radical (unpaired) electrons. The van der Waals surface area contributed by atoms with Crippen LogP contribution in [0.1, 0.15) is 19.4 Å². The van der Waals surface area contributed by atoms with Gasteiger partial charge in [0.05, 0.1) is 7.11 Å². The molecule has 0 spiro atoms. The first-order valence-corrected chi connectivity index (χ1v) is 6.08. The van der Waals surface area contributed by atoms with Gasteiger partial charge < -0.3 is 9.47 Å². The van der Waals surface area contributed by atoms with Gasteiger partial charge in [0, 0.05) is 10.0 Å². The molecule has 0 saturated carbocycles. The van der Waals surface area contributed by atoms with Gasteiger partial charge >= 0.3 is 5.97 Å². The van der Waals surface area contributed by atoms with Crippen LogP contribution in [0.5, 0.6) is 5.75 Å². The van der Waals surface area contributed by atoms with Crippen LogP contribution in [0.4, 0.5) is 0 Å². The van der Waals surface area contributed by atoms with E-state index in [1.54, 1.807) is 12.1 Å². The highest BCUT2D eigenvalue weighted by atomic mass is 79.9. The molecule has 0 aliphatic heterocycles. The van der Waals surface area contributed by atoms with Crippen LogP contribution in [0.2, 0.25) is 0 Å². The summed E-state index contributed by atoms with van der Waals surface area (Å²) in [4.78, 5) is 10.9. The van der Waals surface area contributed by atoms with Crippen molar-refractivity contribution in [2.24, 2.45) is 0 Å². The second kappa shape index (κ2) is 8.82. The Morgan fingerprint density at radius 2 is 2.12 bits per heavy atom. The highest BCUT2D eigenvalue weighted by Gasteiger charge is 2.05. The molecular formula is C13H17BrO3. The zero-order valence-corrected chi connectivity index (χ0v) is 11.9. The number of benzene rings is 1. The fraction of sp³-hybridized carbons (Fsp3) is 0.308. The molecule has 0 N–H and O–H groups in total. The summed E-state index contributed by atoms with van der Waals surface area (Å²) in [5.41, 5.74) is 0.827. The number of carbonyl (C=O) groups is 1. The van der Waals surface area contributed by atoms with Crippen molar-refractivity contribution in [2.45, 2.75) is 13.8 Å². The lowest BCUT2D eigenvalue weighted by Crippen LogP contribution is -2.12. The third-order valence-corrected chi connectivity index (χ3v) is 2.26. The molecule has 0 fully saturated rings. The summed E-state index contributed by atoms with van der Waals surface area (Å²) < 4.78 is 10.7. The van der Waals surface area contributed by atoms with Crippen LogP contribution in [0.3, 0.4) is 0 Å². The van der Waals surface area contributed by atoms with Crippen LogP contribution in [0.15, 0.2) is 29.3 Å². The van der Waals surface area contributed by atoms with Crippen molar-refractivity contribution in [3.05, 3.63) is 34.8 Å². The van der Waals surface area contributed by atoms with Gasteiger partial charge in [-0.3, -0.25) is 0 Å². The van der Waals surface area contributed by atoms with E-state index in [1.807, 2.05) is 26.0 Å². The lowest BCUT2D eigenvalue weighted by Gasteiger charge is -2.08. The van der Waals surface area contributed by atoms with Gasteiger partial charge in [-0.1, -0.05) is 42.4 Å². The van der Waals surface area contributed by atoms with Crippen LogP contribution in [0, 0.1) is 0 Å². The van der Waals surface area contributed by atoms with E-state index in [0.29, 0.717) is 5.75 Å². The summed E-state index contributed by atoms with van der Waals surface area (Å²) in [6.45, 7) is 7.56. The topological polar surface area (TPSA) is 35.5 Å². The average molecular weight is 301 g/mol. The maximum Gasteiger partial charge on any atom is 0.343 e. The van der Waals surface area contributed by atoms with E-state index in [0.717, 1.165) is 10.0 Å². The molecule has 0 amide bonds. The molecule has 0 aliphatic carbocycles. The van der Waals surface area contributed by atoms with E-state index in [1.165, 1.54) is 7.11 Å². The van der Waals surface area contributed by atoms with Crippen LogP contribution in [-0.2, 0) is 9.53 Å². The minimum atomic E-state index is -0.409. The van der Waals surface area contributed by atoms with E-state index < -0.39 is 5.97 Å². The summed E-state index contributed by atoms with van der Waals surface area (Å²) >= 11 is 3.34. The molecule has 0 heterocycles. The quantitative estimate of drug-likeness (QED) is 0.796. The first-order chi connectivity index (χ1) is 8.17. The van der Waals surface area contributed by atoms with Gasteiger partial charge in [0.1, 0.15) is 5.75 Å². The molecule has 0 saturated heterocycles. The van der Waals surface area contributed by atoms with Gasteiger partial charge in [-0.2, -0.15) is 0 Å². The van der Waals surface area contributed by atoms with Crippen molar-refractivity contribution in [1.29, 1.82) is 0 Å². The lowest BCUT2D eigenvalue weighted by molar-refractivity contribution is -0.142. The fourth-order valence-electron chi connectivity index (χ4n) is 1.01. The summed E-state index contributed by atoms with van der Waals surface area (Å²) in [5.74, 6) is 0.200. The summed E-state index contributed by atoms with van der Waals surface area (Å²) in [5, 5.41) is 0. The Hall–Kier alpha value is -1.29. The Labute approximate surface area is 111 Å². The average Bonchev–Trinajstić information content (AvgIpc) is 2.39. The van der Waals surface area contributed by atoms with Crippen LogP contribution in [0.25, 0.3) is 6.08 Å². The Kier molecular flexibility index (Phi) is 8.15. The SMILES string of the molecule is C=Cc1cc(Br)ccc1OCC(=O)OC.CC. The van der Waals surface area contributed by atoms with Gasteiger partial charge in [0.25, 0.3) is 0 Å². The van der Waals surface area contributed by atoms with Crippen LogP contribution < -0.4 is 4.74 Å². The molecule has 1 aromatic carbocycles. The first kappa shape index (κ1) is 15.7. The third kappa shape index (κ3) is 5.54. The molecule has 0 aromatic heterocycles.